The Morgan fingerprint density at radius 3 is 2.39 bits per heavy atom. The zero-order valence-corrected chi connectivity index (χ0v) is 12.5. The van der Waals surface area contributed by atoms with E-state index in [1.807, 2.05) is 13.8 Å². The van der Waals surface area contributed by atoms with Gasteiger partial charge in [0, 0.05) is 24.2 Å². The predicted molar refractivity (Wildman–Crippen MR) is 77.1 cm³/mol. The Morgan fingerprint density at radius 2 is 1.89 bits per heavy atom. The van der Waals surface area contributed by atoms with Gasteiger partial charge in [0.05, 0.1) is 7.11 Å². The minimum atomic E-state index is -0.180. The van der Waals surface area contributed by atoms with E-state index in [0.29, 0.717) is 0 Å². The Kier molecular flexibility index (Phi) is 4.77. The summed E-state index contributed by atoms with van der Waals surface area (Å²) in [5, 5.41) is 0. The number of methoxy groups -OCH3 is 1. The van der Waals surface area contributed by atoms with Crippen molar-refractivity contribution in [3.05, 3.63) is 28.8 Å². The molecule has 0 spiro atoms. The van der Waals surface area contributed by atoms with Crippen LogP contribution in [0.5, 0.6) is 5.75 Å². The van der Waals surface area contributed by atoms with Crippen molar-refractivity contribution < 1.29 is 4.74 Å². The molecule has 0 bridgehead atoms. The molecule has 2 N–H and O–H groups in total. The maximum Gasteiger partial charge on any atom is 0.123 e. The standard InChI is InChI=1S/C15H26N2O/c1-11-7-12(2)13(14(8-11)18-6)9-17(5)10-15(3,4)16/h7-8H,9-10,16H2,1-6H3. The van der Waals surface area contributed by atoms with Crippen LogP contribution in [-0.2, 0) is 6.54 Å². The minimum absolute atomic E-state index is 0.180. The summed E-state index contributed by atoms with van der Waals surface area (Å²) in [6, 6.07) is 4.28. The van der Waals surface area contributed by atoms with Gasteiger partial charge in [0.1, 0.15) is 5.75 Å². The molecule has 1 aromatic rings. The number of nitrogens with zero attached hydrogens (tertiary/aromatic N) is 1. The second-order valence-corrected chi connectivity index (χ2v) is 5.92. The summed E-state index contributed by atoms with van der Waals surface area (Å²) >= 11 is 0. The van der Waals surface area contributed by atoms with Gasteiger partial charge in [-0.2, -0.15) is 0 Å². The number of benzene rings is 1. The van der Waals surface area contributed by atoms with Crippen LogP contribution in [0.3, 0.4) is 0 Å². The molecule has 0 aromatic heterocycles. The fourth-order valence-corrected chi connectivity index (χ4v) is 2.36. The van der Waals surface area contributed by atoms with Crippen LogP contribution in [0.15, 0.2) is 12.1 Å². The van der Waals surface area contributed by atoms with Crippen LogP contribution in [0.1, 0.15) is 30.5 Å². The Hall–Kier alpha value is -1.06. The van der Waals surface area contributed by atoms with Crippen molar-refractivity contribution in [2.24, 2.45) is 5.73 Å². The highest BCUT2D eigenvalue weighted by Gasteiger charge is 2.16. The number of ether oxygens (including phenoxy) is 1. The van der Waals surface area contributed by atoms with Gasteiger partial charge in [-0.3, -0.25) is 0 Å². The maximum atomic E-state index is 6.05. The summed E-state index contributed by atoms with van der Waals surface area (Å²) in [7, 11) is 3.82. The van der Waals surface area contributed by atoms with Crippen LogP contribution in [0.2, 0.25) is 0 Å². The van der Waals surface area contributed by atoms with Gasteiger partial charge in [-0.05, 0) is 51.9 Å². The second kappa shape index (κ2) is 5.72. The highest BCUT2D eigenvalue weighted by atomic mass is 16.5. The van der Waals surface area contributed by atoms with E-state index in [1.54, 1.807) is 7.11 Å². The molecule has 0 fully saturated rings. The lowest BCUT2D eigenvalue weighted by Crippen LogP contribution is -2.43. The van der Waals surface area contributed by atoms with E-state index >= 15 is 0 Å². The summed E-state index contributed by atoms with van der Waals surface area (Å²) in [5.41, 5.74) is 9.62. The van der Waals surface area contributed by atoms with Crippen LogP contribution in [0.4, 0.5) is 0 Å². The summed E-state index contributed by atoms with van der Waals surface area (Å²) in [4.78, 5) is 2.24. The molecule has 0 radical (unpaired) electrons. The zero-order chi connectivity index (χ0) is 13.9. The Bertz CT molecular complexity index is 408. The first-order valence-electron chi connectivity index (χ1n) is 6.34. The molecule has 0 saturated carbocycles. The number of nitrogens with two attached hydrogens (primary N) is 1. The quantitative estimate of drug-likeness (QED) is 0.872. The number of likely N-dealkylation sites (N-methyl/N-ethyl adjacent to an activating group) is 1. The van der Waals surface area contributed by atoms with Crippen LogP contribution in [-0.4, -0.2) is 31.1 Å². The number of aryl methyl sites for hydroxylation is 2. The van der Waals surface area contributed by atoms with Gasteiger partial charge < -0.3 is 15.4 Å². The lowest BCUT2D eigenvalue weighted by molar-refractivity contribution is 0.259. The molecule has 3 heteroatoms. The zero-order valence-electron chi connectivity index (χ0n) is 12.5. The minimum Gasteiger partial charge on any atom is -0.496 e. The van der Waals surface area contributed by atoms with Crippen molar-refractivity contribution in [3.63, 3.8) is 0 Å². The third-order valence-electron chi connectivity index (χ3n) is 2.90. The van der Waals surface area contributed by atoms with E-state index in [9.17, 15) is 0 Å². The van der Waals surface area contributed by atoms with E-state index in [1.165, 1.54) is 16.7 Å². The molecule has 0 aliphatic heterocycles. The monoisotopic (exact) mass is 250 g/mol. The number of rotatable bonds is 5. The third kappa shape index (κ3) is 4.31. The average molecular weight is 250 g/mol. The van der Waals surface area contributed by atoms with Crippen molar-refractivity contribution in [2.75, 3.05) is 20.7 Å². The van der Waals surface area contributed by atoms with E-state index in [4.69, 9.17) is 10.5 Å². The first kappa shape index (κ1) is 15.0. The smallest absolute Gasteiger partial charge is 0.123 e. The molecule has 0 atom stereocenters. The molecule has 1 aromatic carbocycles. The lowest BCUT2D eigenvalue weighted by Gasteiger charge is -2.27. The average Bonchev–Trinajstić information content (AvgIpc) is 2.18. The van der Waals surface area contributed by atoms with Gasteiger partial charge in [-0.1, -0.05) is 6.07 Å². The highest BCUT2D eigenvalue weighted by molar-refractivity contribution is 5.42. The first-order valence-corrected chi connectivity index (χ1v) is 6.34. The molecule has 0 unspecified atom stereocenters. The van der Waals surface area contributed by atoms with Crippen molar-refractivity contribution >= 4 is 0 Å². The maximum absolute atomic E-state index is 6.05. The van der Waals surface area contributed by atoms with E-state index < -0.39 is 0 Å². The van der Waals surface area contributed by atoms with Gasteiger partial charge in [0.2, 0.25) is 0 Å². The van der Waals surface area contributed by atoms with Gasteiger partial charge in [0.15, 0.2) is 0 Å². The molecule has 0 aliphatic rings. The Labute approximate surface area is 111 Å². The van der Waals surface area contributed by atoms with Gasteiger partial charge in [-0.25, -0.2) is 0 Å². The highest BCUT2D eigenvalue weighted by Crippen LogP contribution is 2.25. The molecule has 102 valence electrons. The SMILES string of the molecule is COc1cc(C)cc(C)c1CN(C)CC(C)(C)N. The molecule has 3 nitrogen and oxygen atoms in total. The molecule has 1 rings (SSSR count). The second-order valence-electron chi connectivity index (χ2n) is 5.92. The van der Waals surface area contributed by atoms with E-state index in [0.717, 1.165) is 18.8 Å². The molecule has 0 amide bonds. The van der Waals surface area contributed by atoms with E-state index in [2.05, 4.69) is 37.9 Å². The van der Waals surface area contributed by atoms with Crippen molar-refractivity contribution in [3.8, 4) is 5.75 Å². The number of hydrogen-bond acceptors (Lipinski definition) is 3. The molecular formula is C15H26N2O. The van der Waals surface area contributed by atoms with Gasteiger partial charge >= 0.3 is 0 Å². The topological polar surface area (TPSA) is 38.5 Å². The van der Waals surface area contributed by atoms with Crippen LogP contribution >= 0.6 is 0 Å². The van der Waals surface area contributed by atoms with Crippen LogP contribution in [0, 0.1) is 13.8 Å². The first-order chi connectivity index (χ1) is 8.23. The fraction of sp³-hybridized carbons (Fsp3) is 0.600. The molecule has 0 aliphatic carbocycles. The summed E-state index contributed by atoms with van der Waals surface area (Å²) in [6.07, 6.45) is 0. The third-order valence-corrected chi connectivity index (χ3v) is 2.90. The van der Waals surface area contributed by atoms with Crippen LogP contribution in [0.25, 0.3) is 0 Å². The summed E-state index contributed by atoms with van der Waals surface area (Å²) in [6.45, 7) is 10.0. The van der Waals surface area contributed by atoms with E-state index in [-0.39, 0.29) is 5.54 Å². The predicted octanol–water partition coefficient (Wildman–Crippen LogP) is 2.48. The lowest BCUT2D eigenvalue weighted by atomic mass is 10.0. The molecule has 18 heavy (non-hydrogen) atoms. The van der Waals surface area contributed by atoms with Crippen molar-refractivity contribution in [1.29, 1.82) is 0 Å². The number of hydrogen-bond donors (Lipinski definition) is 1. The van der Waals surface area contributed by atoms with Crippen molar-refractivity contribution in [2.45, 2.75) is 39.8 Å². The normalized spacial score (nSPS) is 12.0. The summed E-state index contributed by atoms with van der Waals surface area (Å²) in [5.74, 6) is 0.967. The molecule has 0 heterocycles. The van der Waals surface area contributed by atoms with Gasteiger partial charge in [0.25, 0.3) is 0 Å². The Balaban J connectivity index is 2.90. The Morgan fingerprint density at radius 1 is 1.28 bits per heavy atom. The fourth-order valence-electron chi connectivity index (χ4n) is 2.36. The molecular weight excluding hydrogens is 224 g/mol. The van der Waals surface area contributed by atoms with Gasteiger partial charge in [-0.15, -0.1) is 0 Å². The molecule has 0 saturated heterocycles. The summed E-state index contributed by atoms with van der Waals surface area (Å²) < 4.78 is 5.48. The largest absolute Gasteiger partial charge is 0.496 e. The van der Waals surface area contributed by atoms with Crippen LogP contribution < -0.4 is 10.5 Å². The van der Waals surface area contributed by atoms with Crippen molar-refractivity contribution in [1.82, 2.24) is 4.90 Å².